The molecule has 108 valence electrons. The summed E-state index contributed by atoms with van der Waals surface area (Å²) in [5.41, 5.74) is 2.37. The average Bonchev–Trinajstić information content (AvgIpc) is 2.91. The summed E-state index contributed by atoms with van der Waals surface area (Å²) in [7, 11) is 0. The Balaban J connectivity index is 1.65. The van der Waals surface area contributed by atoms with E-state index in [0.717, 1.165) is 11.3 Å². The lowest BCUT2D eigenvalue weighted by Gasteiger charge is -2.31. The molecule has 6 nitrogen and oxygen atoms in total. The zero-order valence-electron chi connectivity index (χ0n) is 11.0. The van der Waals surface area contributed by atoms with Crippen molar-refractivity contribution in [3.05, 3.63) is 29.6 Å². The molecule has 0 radical (unpaired) electrons. The van der Waals surface area contributed by atoms with E-state index in [1.54, 1.807) is 12.1 Å². The smallest absolute Gasteiger partial charge is 0.307 e. The molecule has 0 saturated heterocycles. The minimum atomic E-state index is -0.896. The average molecular weight is 303 g/mol. The molecule has 1 fully saturated rings. The minimum Gasteiger partial charge on any atom is -0.481 e. The Bertz CT molecular complexity index is 655. The summed E-state index contributed by atoms with van der Waals surface area (Å²) in [6, 6.07) is 7.26. The van der Waals surface area contributed by atoms with Gasteiger partial charge in [-0.2, -0.15) is 0 Å². The Morgan fingerprint density at radius 2 is 1.90 bits per heavy atom. The predicted molar refractivity (Wildman–Crippen MR) is 77.8 cm³/mol. The molecule has 1 amide bonds. The number of nitrogens with one attached hydrogen (secondary N) is 1. The number of carbonyl (C=O) groups excluding carboxylic acids is 1. The second-order valence-electron chi connectivity index (χ2n) is 4.99. The number of amides is 1. The lowest BCUT2D eigenvalue weighted by molar-refractivity contribution is -0.151. The molecule has 1 aliphatic carbocycles. The molecule has 0 bridgehead atoms. The van der Waals surface area contributed by atoms with Crippen LogP contribution < -0.4 is 5.32 Å². The molecule has 2 aromatic rings. The highest BCUT2D eigenvalue weighted by Gasteiger charge is 2.41. The van der Waals surface area contributed by atoms with Crippen LogP contribution in [0.25, 0.3) is 11.3 Å². The number of hydrogen-bond donors (Lipinski definition) is 2. The summed E-state index contributed by atoms with van der Waals surface area (Å²) in [5.74, 6) is -2.10. The van der Waals surface area contributed by atoms with Gasteiger partial charge in [0.05, 0.1) is 11.8 Å². The van der Waals surface area contributed by atoms with Crippen molar-refractivity contribution in [2.75, 3.05) is 5.32 Å². The third kappa shape index (κ3) is 2.78. The van der Waals surface area contributed by atoms with Crippen molar-refractivity contribution in [1.29, 1.82) is 0 Å². The number of nitrogens with zero attached hydrogens (tertiary/aromatic N) is 2. The topological polar surface area (TPSA) is 92.2 Å². The maximum absolute atomic E-state index is 12.0. The van der Waals surface area contributed by atoms with Crippen LogP contribution >= 0.6 is 11.5 Å². The molecule has 0 spiro atoms. The number of aliphatic carboxylic acids is 1. The lowest BCUT2D eigenvalue weighted by Crippen LogP contribution is -2.41. The van der Waals surface area contributed by atoms with Crippen molar-refractivity contribution in [3.8, 4) is 11.3 Å². The first kappa shape index (κ1) is 13.7. The van der Waals surface area contributed by atoms with E-state index in [9.17, 15) is 9.59 Å². The first-order valence-electron chi connectivity index (χ1n) is 6.56. The summed E-state index contributed by atoms with van der Waals surface area (Å²) in [6.45, 7) is 0. The minimum absolute atomic E-state index is 0.225. The van der Waals surface area contributed by atoms with E-state index in [-0.39, 0.29) is 5.91 Å². The van der Waals surface area contributed by atoms with Gasteiger partial charge >= 0.3 is 5.97 Å². The number of carboxylic acid groups (broad SMARTS) is 1. The van der Waals surface area contributed by atoms with Gasteiger partial charge in [0.1, 0.15) is 5.69 Å². The molecule has 2 unspecified atom stereocenters. The van der Waals surface area contributed by atoms with Gasteiger partial charge in [-0.05, 0) is 36.5 Å². The maximum atomic E-state index is 12.0. The van der Waals surface area contributed by atoms with E-state index >= 15 is 0 Å². The van der Waals surface area contributed by atoms with Gasteiger partial charge in [0.2, 0.25) is 5.91 Å². The number of aromatic nitrogens is 2. The van der Waals surface area contributed by atoms with Gasteiger partial charge in [-0.15, -0.1) is 5.10 Å². The molecule has 2 N–H and O–H groups in total. The van der Waals surface area contributed by atoms with Crippen molar-refractivity contribution in [1.82, 2.24) is 9.59 Å². The van der Waals surface area contributed by atoms with Crippen molar-refractivity contribution in [2.24, 2.45) is 11.8 Å². The van der Waals surface area contributed by atoms with Crippen molar-refractivity contribution in [3.63, 3.8) is 0 Å². The van der Waals surface area contributed by atoms with Crippen LogP contribution in [-0.4, -0.2) is 26.6 Å². The molecule has 1 aromatic carbocycles. The Labute approximate surface area is 125 Å². The Morgan fingerprint density at radius 1 is 1.19 bits per heavy atom. The van der Waals surface area contributed by atoms with Crippen molar-refractivity contribution < 1.29 is 14.7 Å². The molecule has 7 heteroatoms. The van der Waals surface area contributed by atoms with Crippen LogP contribution in [0.3, 0.4) is 0 Å². The number of carbonyl (C=O) groups is 2. The highest BCUT2D eigenvalue weighted by Crippen LogP contribution is 2.35. The fourth-order valence-corrected chi connectivity index (χ4v) is 2.82. The Kier molecular flexibility index (Phi) is 3.66. The molecule has 0 aliphatic heterocycles. The fraction of sp³-hybridized carbons (Fsp3) is 0.286. The quantitative estimate of drug-likeness (QED) is 0.903. The number of benzene rings is 1. The summed E-state index contributed by atoms with van der Waals surface area (Å²) < 4.78 is 3.80. The molecule has 1 saturated carbocycles. The largest absolute Gasteiger partial charge is 0.481 e. The molecule has 3 rings (SSSR count). The van der Waals surface area contributed by atoms with Crippen LogP contribution in [0.1, 0.15) is 12.8 Å². The molecule has 1 heterocycles. The van der Waals surface area contributed by atoms with Gasteiger partial charge < -0.3 is 10.4 Å². The van der Waals surface area contributed by atoms with Gasteiger partial charge in [0.15, 0.2) is 0 Å². The SMILES string of the molecule is O=C(O)C1CCC1C(=O)Nc1ccc(-c2csnn2)cc1. The lowest BCUT2D eigenvalue weighted by atomic mass is 9.73. The standard InChI is InChI=1S/C14H13N3O3S/c18-13(10-5-6-11(10)14(19)20)15-9-3-1-8(2-4-9)12-7-21-17-16-12/h1-4,7,10-11H,5-6H2,(H,15,18)(H,19,20). The third-order valence-corrected chi connectivity index (χ3v) is 4.24. The first-order chi connectivity index (χ1) is 10.1. The number of anilines is 1. The van der Waals surface area contributed by atoms with E-state index in [0.29, 0.717) is 18.5 Å². The van der Waals surface area contributed by atoms with E-state index in [4.69, 9.17) is 5.11 Å². The predicted octanol–water partition coefficient (Wildman–Crippen LogP) is 2.25. The van der Waals surface area contributed by atoms with E-state index in [1.165, 1.54) is 11.5 Å². The number of rotatable bonds is 4. The van der Waals surface area contributed by atoms with Crippen LogP contribution in [0.2, 0.25) is 0 Å². The summed E-state index contributed by atoms with van der Waals surface area (Å²) in [6.07, 6.45) is 1.20. The van der Waals surface area contributed by atoms with Gasteiger partial charge in [0, 0.05) is 16.6 Å². The summed E-state index contributed by atoms with van der Waals surface area (Å²) >= 11 is 1.28. The second kappa shape index (κ2) is 5.61. The van der Waals surface area contributed by atoms with Gasteiger partial charge in [-0.1, -0.05) is 16.6 Å². The van der Waals surface area contributed by atoms with Crippen LogP contribution in [0.15, 0.2) is 29.6 Å². The maximum Gasteiger partial charge on any atom is 0.307 e. The van der Waals surface area contributed by atoms with Crippen LogP contribution in [0.4, 0.5) is 5.69 Å². The zero-order valence-corrected chi connectivity index (χ0v) is 11.8. The highest BCUT2D eigenvalue weighted by molar-refractivity contribution is 7.03. The van der Waals surface area contributed by atoms with Crippen LogP contribution in [0.5, 0.6) is 0 Å². The third-order valence-electron chi connectivity index (χ3n) is 3.74. The highest BCUT2D eigenvalue weighted by atomic mass is 32.1. The Hall–Kier alpha value is -2.28. The van der Waals surface area contributed by atoms with Gasteiger partial charge in [-0.25, -0.2) is 0 Å². The van der Waals surface area contributed by atoms with Crippen molar-refractivity contribution >= 4 is 29.1 Å². The molecule has 1 aromatic heterocycles. The monoisotopic (exact) mass is 303 g/mol. The van der Waals surface area contributed by atoms with Crippen molar-refractivity contribution in [2.45, 2.75) is 12.8 Å². The Morgan fingerprint density at radius 3 is 2.43 bits per heavy atom. The van der Waals surface area contributed by atoms with Crippen LogP contribution in [0, 0.1) is 11.8 Å². The number of hydrogen-bond acceptors (Lipinski definition) is 5. The second-order valence-corrected chi connectivity index (χ2v) is 5.60. The van der Waals surface area contributed by atoms with Crippen LogP contribution in [-0.2, 0) is 9.59 Å². The summed E-state index contributed by atoms with van der Waals surface area (Å²) in [5, 5.41) is 17.6. The van der Waals surface area contributed by atoms with Gasteiger partial charge in [0.25, 0.3) is 0 Å². The normalized spacial score (nSPS) is 20.6. The van der Waals surface area contributed by atoms with E-state index in [1.807, 2.05) is 17.5 Å². The van der Waals surface area contributed by atoms with Gasteiger partial charge in [-0.3, -0.25) is 9.59 Å². The fourth-order valence-electron chi connectivity index (χ4n) is 2.36. The first-order valence-corrected chi connectivity index (χ1v) is 7.40. The van der Waals surface area contributed by atoms with E-state index in [2.05, 4.69) is 14.9 Å². The molecular weight excluding hydrogens is 290 g/mol. The molecular formula is C14H13N3O3S. The molecule has 2 atom stereocenters. The molecule has 21 heavy (non-hydrogen) atoms. The molecule has 1 aliphatic rings. The zero-order chi connectivity index (χ0) is 14.8. The summed E-state index contributed by atoms with van der Waals surface area (Å²) in [4.78, 5) is 23.0. The van der Waals surface area contributed by atoms with E-state index < -0.39 is 17.8 Å². The number of carboxylic acids is 1.